The molecule has 0 aliphatic heterocycles. The lowest BCUT2D eigenvalue weighted by Crippen LogP contribution is -2.30. The fourth-order valence-corrected chi connectivity index (χ4v) is 2.05. The lowest BCUT2D eigenvalue weighted by Gasteiger charge is -2.15. The summed E-state index contributed by atoms with van der Waals surface area (Å²) in [6.07, 6.45) is 9.26. The van der Waals surface area contributed by atoms with Crippen molar-refractivity contribution in [2.45, 2.75) is 83.5 Å². The van der Waals surface area contributed by atoms with Crippen LogP contribution >= 0.6 is 0 Å². The molecule has 0 unspecified atom stereocenters. The van der Waals surface area contributed by atoms with Gasteiger partial charge >= 0.3 is 17.9 Å². The summed E-state index contributed by atoms with van der Waals surface area (Å²) in [5.41, 5.74) is 0. The Hall–Kier alpha value is -1.14. The van der Waals surface area contributed by atoms with E-state index in [-0.39, 0.29) is 12.8 Å². The van der Waals surface area contributed by atoms with Gasteiger partial charge in [-0.1, -0.05) is 44.9 Å². The molecule has 0 aromatic rings. The number of aliphatic carboxylic acids is 1. The largest absolute Gasteiger partial charge is 0.481 e. The zero-order valence-corrected chi connectivity index (χ0v) is 12.8. The minimum atomic E-state index is -2.38. The summed E-state index contributed by atoms with van der Waals surface area (Å²) >= 11 is 0. The van der Waals surface area contributed by atoms with Gasteiger partial charge in [0.05, 0.1) is 0 Å². The number of unbranched alkanes of at least 4 members (excludes halogenated alkanes) is 8. The van der Waals surface area contributed by atoms with E-state index in [4.69, 9.17) is 15.3 Å². The predicted octanol–water partition coefficient (Wildman–Crippen LogP) is 2.56. The standard InChI is InChI=1S/C15H28O6/c1-15(19,20)21-14(18)12-10-8-6-4-2-3-5-7-9-11-13(16)17/h19-20H,2-12H2,1H3,(H,16,17). The number of carbonyl (C=O) groups is 2. The molecule has 0 fully saturated rings. The van der Waals surface area contributed by atoms with Crippen LogP contribution in [0.3, 0.4) is 0 Å². The smallest absolute Gasteiger partial charge is 0.321 e. The highest BCUT2D eigenvalue weighted by Crippen LogP contribution is 2.12. The maximum Gasteiger partial charge on any atom is 0.321 e. The molecule has 0 rings (SSSR count). The summed E-state index contributed by atoms with van der Waals surface area (Å²) in [5.74, 6) is -3.70. The number of hydrogen-bond acceptors (Lipinski definition) is 5. The number of rotatable bonds is 13. The Morgan fingerprint density at radius 1 is 0.810 bits per heavy atom. The normalized spacial score (nSPS) is 11.4. The van der Waals surface area contributed by atoms with Gasteiger partial charge in [0.25, 0.3) is 0 Å². The number of carbonyl (C=O) groups excluding carboxylic acids is 1. The van der Waals surface area contributed by atoms with Gasteiger partial charge in [0, 0.05) is 19.8 Å². The van der Waals surface area contributed by atoms with Gasteiger partial charge in [0.1, 0.15) is 0 Å². The van der Waals surface area contributed by atoms with Gasteiger partial charge in [-0.05, 0) is 12.8 Å². The average molecular weight is 304 g/mol. The summed E-state index contributed by atoms with van der Waals surface area (Å²) in [6, 6.07) is 0. The zero-order chi connectivity index (χ0) is 16.1. The first kappa shape index (κ1) is 19.9. The monoisotopic (exact) mass is 304 g/mol. The molecule has 0 spiro atoms. The lowest BCUT2D eigenvalue weighted by atomic mass is 10.1. The average Bonchev–Trinajstić information content (AvgIpc) is 2.33. The molecule has 6 nitrogen and oxygen atoms in total. The van der Waals surface area contributed by atoms with Crippen molar-refractivity contribution in [2.75, 3.05) is 0 Å². The summed E-state index contributed by atoms with van der Waals surface area (Å²) in [6.45, 7) is 1.00. The van der Waals surface area contributed by atoms with Crippen molar-refractivity contribution in [2.24, 2.45) is 0 Å². The number of carboxylic acids is 1. The minimum Gasteiger partial charge on any atom is -0.481 e. The Bertz CT molecular complexity index is 295. The third kappa shape index (κ3) is 16.8. The molecular formula is C15H28O6. The maximum absolute atomic E-state index is 11.2. The molecule has 0 radical (unpaired) electrons. The van der Waals surface area contributed by atoms with Crippen LogP contribution < -0.4 is 0 Å². The van der Waals surface area contributed by atoms with Crippen LogP contribution in [0.15, 0.2) is 0 Å². The SMILES string of the molecule is CC(O)(O)OC(=O)CCCCCCCCCCCC(=O)O. The number of hydrogen-bond donors (Lipinski definition) is 3. The molecule has 0 aliphatic carbocycles. The van der Waals surface area contributed by atoms with Gasteiger partial charge in [-0.25, -0.2) is 0 Å². The fraction of sp³-hybridized carbons (Fsp3) is 0.867. The van der Waals surface area contributed by atoms with Gasteiger partial charge in [0.2, 0.25) is 0 Å². The van der Waals surface area contributed by atoms with E-state index in [1.807, 2.05) is 0 Å². The Balaban J connectivity index is 3.22. The van der Waals surface area contributed by atoms with Crippen molar-refractivity contribution >= 4 is 11.9 Å². The first-order chi connectivity index (χ1) is 9.81. The third-order valence-corrected chi connectivity index (χ3v) is 3.08. The topological polar surface area (TPSA) is 104 Å². The Morgan fingerprint density at radius 2 is 1.19 bits per heavy atom. The molecule has 0 bridgehead atoms. The first-order valence-electron chi connectivity index (χ1n) is 7.69. The zero-order valence-electron chi connectivity index (χ0n) is 12.8. The lowest BCUT2D eigenvalue weighted by molar-refractivity contribution is -0.307. The highest BCUT2D eigenvalue weighted by molar-refractivity contribution is 5.69. The minimum absolute atomic E-state index is 0.200. The van der Waals surface area contributed by atoms with Crippen LogP contribution in [0.4, 0.5) is 0 Å². The number of ether oxygens (including phenoxy) is 1. The molecular weight excluding hydrogens is 276 g/mol. The summed E-state index contributed by atoms with van der Waals surface area (Å²) < 4.78 is 4.37. The molecule has 0 aromatic carbocycles. The van der Waals surface area contributed by atoms with Crippen LogP contribution in [-0.2, 0) is 14.3 Å². The molecule has 0 heterocycles. The van der Waals surface area contributed by atoms with E-state index in [9.17, 15) is 9.59 Å². The van der Waals surface area contributed by atoms with E-state index >= 15 is 0 Å². The molecule has 6 heteroatoms. The first-order valence-corrected chi connectivity index (χ1v) is 7.69. The summed E-state index contributed by atoms with van der Waals surface area (Å²) in [4.78, 5) is 21.5. The number of aliphatic hydroxyl groups is 2. The molecule has 0 saturated carbocycles. The maximum atomic E-state index is 11.2. The van der Waals surface area contributed by atoms with E-state index in [1.165, 1.54) is 0 Å². The molecule has 3 N–H and O–H groups in total. The molecule has 0 saturated heterocycles. The van der Waals surface area contributed by atoms with Gasteiger partial charge in [-0.3, -0.25) is 9.59 Å². The Labute approximate surface area is 126 Å². The van der Waals surface area contributed by atoms with E-state index in [0.29, 0.717) is 6.42 Å². The van der Waals surface area contributed by atoms with Gasteiger partial charge in [-0.15, -0.1) is 0 Å². The molecule has 124 valence electrons. The third-order valence-electron chi connectivity index (χ3n) is 3.08. The van der Waals surface area contributed by atoms with Crippen LogP contribution in [0.2, 0.25) is 0 Å². The van der Waals surface area contributed by atoms with Crippen molar-refractivity contribution in [1.82, 2.24) is 0 Å². The van der Waals surface area contributed by atoms with Crippen LogP contribution in [0, 0.1) is 0 Å². The second-order valence-electron chi connectivity index (χ2n) is 5.48. The molecule has 0 atom stereocenters. The second-order valence-corrected chi connectivity index (χ2v) is 5.48. The van der Waals surface area contributed by atoms with Crippen LogP contribution in [0.5, 0.6) is 0 Å². The predicted molar refractivity (Wildman–Crippen MR) is 77.4 cm³/mol. The Morgan fingerprint density at radius 3 is 1.57 bits per heavy atom. The molecule has 21 heavy (non-hydrogen) atoms. The quantitative estimate of drug-likeness (QED) is 0.274. The van der Waals surface area contributed by atoms with Gasteiger partial charge in [-0.2, -0.15) is 0 Å². The van der Waals surface area contributed by atoms with E-state index in [0.717, 1.165) is 58.3 Å². The van der Waals surface area contributed by atoms with E-state index < -0.39 is 17.9 Å². The molecule has 0 amide bonds. The van der Waals surface area contributed by atoms with Crippen LogP contribution in [-0.4, -0.2) is 33.2 Å². The molecule has 0 aromatic heterocycles. The van der Waals surface area contributed by atoms with Gasteiger partial charge < -0.3 is 20.1 Å². The van der Waals surface area contributed by atoms with Crippen LogP contribution in [0.1, 0.15) is 77.6 Å². The van der Waals surface area contributed by atoms with Crippen LogP contribution in [0.25, 0.3) is 0 Å². The van der Waals surface area contributed by atoms with Crippen molar-refractivity contribution in [3.05, 3.63) is 0 Å². The van der Waals surface area contributed by atoms with Gasteiger partial charge in [0.15, 0.2) is 0 Å². The number of esters is 1. The van der Waals surface area contributed by atoms with E-state index in [1.54, 1.807) is 0 Å². The molecule has 0 aliphatic rings. The number of carboxylic acid groups (broad SMARTS) is 1. The second kappa shape index (κ2) is 11.5. The van der Waals surface area contributed by atoms with Crippen molar-refractivity contribution in [3.63, 3.8) is 0 Å². The summed E-state index contributed by atoms with van der Waals surface area (Å²) in [5, 5.41) is 26.2. The van der Waals surface area contributed by atoms with Crippen molar-refractivity contribution < 1.29 is 29.6 Å². The highest BCUT2D eigenvalue weighted by Gasteiger charge is 2.20. The highest BCUT2D eigenvalue weighted by atomic mass is 16.8. The summed E-state index contributed by atoms with van der Waals surface area (Å²) in [7, 11) is 0. The fourth-order valence-electron chi connectivity index (χ4n) is 2.05. The van der Waals surface area contributed by atoms with Crippen molar-refractivity contribution in [1.29, 1.82) is 0 Å². The Kier molecular flexibility index (Phi) is 10.9. The van der Waals surface area contributed by atoms with E-state index in [2.05, 4.69) is 4.74 Å². The van der Waals surface area contributed by atoms with Crippen molar-refractivity contribution in [3.8, 4) is 0 Å².